The van der Waals surface area contributed by atoms with Crippen molar-refractivity contribution in [2.45, 2.75) is 39.5 Å². The van der Waals surface area contributed by atoms with Gasteiger partial charge in [0.2, 0.25) is 0 Å². The molecule has 0 unspecified atom stereocenters. The predicted molar refractivity (Wildman–Crippen MR) is 198 cm³/mol. The van der Waals surface area contributed by atoms with Crippen molar-refractivity contribution in [1.82, 2.24) is 18.7 Å². The van der Waals surface area contributed by atoms with Gasteiger partial charge in [-0.2, -0.15) is 8.75 Å². The predicted octanol–water partition coefficient (Wildman–Crippen LogP) is 12.2. The van der Waals surface area contributed by atoms with Gasteiger partial charge in [0, 0.05) is 32.0 Å². The van der Waals surface area contributed by atoms with Gasteiger partial charge < -0.3 is 4.74 Å². The summed E-state index contributed by atoms with van der Waals surface area (Å²) in [6.45, 7) is 5.05. The minimum atomic E-state index is 0.725. The molecule has 0 bridgehead atoms. The molecule has 3 aromatic carbocycles. The van der Waals surface area contributed by atoms with E-state index in [0.717, 1.165) is 91.8 Å². The van der Waals surface area contributed by atoms with E-state index in [0.29, 0.717) is 0 Å². The summed E-state index contributed by atoms with van der Waals surface area (Å²) in [5.41, 5.74) is 10.1. The number of unbranched alkanes of at least 4 members (excludes halogenated alkanes) is 3. The molecule has 5 nitrogen and oxygen atoms in total. The third-order valence-corrected chi connectivity index (χ3v) is 11.5. The molecule has 0 saturated heterocycles. The molecule has 0 amide bonds. The molecular weight excluding hydrogens is 748 g/mol. The van der Waals surface area contributed by atoms with Crippen molar-refractivity contribution >= 4 is 88.3 Å². The van der Waals surface area contributed by atoms with Crippen molar-refractivity contribution in [2.75, 3.05) is 6.61 Å². The van der Waals surface area contributed by atoms with Crippen LogP contribution in [0.1, 0.15) is 38.2 Å². The summed E-state index contributed by atoms with van der Waals surface area (Å²) in [5.74, 6) is 0.867. The fourth-order valence-electron chi connectivity index (χ4n) is 5.43. The number of rotatable bonds is 10. The molecule has 0 radical (unpaired) electrons. The summed E-state index contributed by atoms with van der Waals surface area (Å²) in [6, 6.07) is 25.1. The van der Waals surface area contributed by atoms with E-state index in [4.69, 9.17) is 23.5 Å². The first kappa shape index (κ1) is 30.6. The Hall–Kier alpha value is -3.02. The number of fused-ring (bicyclic) bond motifs is 2. The first-order chi connectivity index (χ1) is 22.0. The maximum absolute atomic E-state index is 6.07. The Morgan fingerprint density at radius 2 is 1.16 bits per heavy atom. The molecule has 7 aromatic rings. The summed E-state index contributed by atoms with van der Waals surface area (Å²) in [4.78, 5) is 13.1. The van der Waals surface area contributed by atoms with Crippen LogP contribution in [0.15, 0.2) is 80.4 Å². The highest BCUT2D eigenvalue weighted by atomic mass is 79.9. The summed E-state index contributed by atoms with van der Waals surface area (Å²) in [6.07, 6.45) is 4.71. The highest BCUT2D eigenvalue weighted by molar-refractivity contribution is 9.11. The third kappa shape index (κ3) is 6.23. The first-order valence-electron chi connectivity index (χ1n) is 14.8. The van der Waals surface area contributed by atoms with E-state index in [2.05, 4.69) is 106 Å². The van der Waals surface area contributed by atoms with Crippen molar-refractivity contribution in [2.24, 2.45) is 0 Å². The van der Waals surface area contributed by atoms with Gasteiger partial charge in [0.25, 0.3) is 0 Å². The Labute approximate surface area is 291 Å². The minimum absolute atomic E-state index is 0.725. The van der Waals surface area contributed by atoms with Crippen LogP contribution >= 0.6 is 66.3 Å². The summed E-state index contributed by atoms with van der Waals surface area (Å²) in [7, 11) is 0. The van der Waals surface area contributed by atoms with Gasteiger partial charge in [-0.05, 0) is 93.7 Å². The molecule has 0 aliphatic carbocycles. The second kappa shape index (κ2) is 13.4. The van der Waals surface area contributed by atoms with Crippen molar-refractivity contribution < 1.29 is 4.74 Å². The van der Waals surface area contributed by atoms with Crippen LogP contribution in [-0.4, -0.2) is 25.3 Å². The van der Waals surface area contributed by atoms with Gasteiger partial charge in [0.1, 0.15) is 27.8 Å². The van der Waals surface area contributed by atoms with Crippen molar-refractivity contribution in [3.63, 3.8) is 0 Å². The second-order valence-electron chi connectivity index (χ2n) is 10.8. The molecule has 4 heterocycles. The summed E-state index contributed by atoms with van der Waals surface area (Å²) in [5, 5.41) is 0. The van der Waals surface area contributed by atoms with Gasteiger partial charge in [-0.15, -0.1) is 22.7 Å². The lowest BCUT2D eigenvalue weighted by atomic mass is 9.98. The Bertz CT molecular complexity index is 2120. The fourth-order valence-corrected chi connectivity index (χ4v) is 8.86. The van der Waals surface area contributed by atoms with Crippen molar-refractivity contribution in [3.8, 4) is 49.1 Å². The van der Waals surface area contributed by atoms with Gasteiger partial charge in [-0.3, -0.25) is 0 Å². The molecule has 226 valence electrons. The molecule has 45 heavy (non-hydrogen) atoms. The number of aromatic nitrogens is 4. The van der Waals surface area contributed by atoms with Crippen LogP contribution in [0.3, 0.4) is 0 Å². The number of hydrogen-bond acceptors (Lipinski definition) is 8. The molecule has 0 aliphatic rings. The molecule has 0 fully saturated rings. The Morgan fingerprint density at radius 3 is 1.64 bits per heavy atom. The number of halogens is 2. The molecule has 4 aromatic heterocycles. The lowest BCUT2D eigenvalue weighted by Gasteiger charge is -2.16. The average Bonchev–Trinajstić information content (AvgIpc) is 3.81. The van der Waals surface area contributed by atoms with E-state index >= 15 is 0 Å². The highest BCUT2D eigenvalue weighted by Gasteiger charge is 2.26. The van der Waals surface area contributed by atoms with E-state index in [1.807, 2.05) is 12.1 Å². The van der Waals surface area contributed by atoms with Gasteiger partial charge in [0.15, 0.2) is 0 Å². The number of aryl methyl sites for hydroxylation is 1. The molecule has 0 aliphatic heterocycles. The smallest absolute Gasteiger partial charge is 0.119 e. The van der Waals surface area contributed by atoms with Crippen LogP contribution in [0.5, 0.6) is 5.75 Å². The van der Waals surface area contributed by atoms with Crippen molar-refractivity contribution in [1.29, 1.82) is 0 Å². The normalized spacial score (nSPS) is 11.6. The average molecular weight is 777 g/mol. The van der Waals surface area contributed by atoms with Crippen LogP contribution in [0.4, 0.5) is 0 Å². The van der Waals surface area contributed by atoms with E-state index in [-0.39, 0.29) is 0 Å². The highest BCUT2D eigenvalue weighted by Crippen LogP contribution is 2.47. The van der Waals surface area contributed by atoms with Gasteiger partial charge >= 0.3 is 0 Å². The number of thiophene rings is 2. The molecular formula is C35H28Br2N4OS3. The Balaban J connectivity index is 1.48. The number of hydrogen-bond donors (Lipinski definition) is 0. The van der Waals surface area contributed by atoms with Gasteiger partial charge in [0.05, 0.1) is 37.3 Å². The zero-order valence-corrected chi connectivity index (χ0v) is 30.3. The molecule has 0 spiro atoms. The topological polar surface area (TPSA) is 60.8 Å². The van der Waals surface area contributed by atoms with Crippen LogP contribution in [0, 0.1) is 6.92 Å². The van der Waals surface area contributed by atoms with E-state index in [1.165, 1.54) is 36.6 Å². The van der Waals surface area contributed by atoms with E-state index in [1.54, 1.807) is 22.7 Å². The van der Waals surface area contributed by atoms with E-state index in [9.17, 15) is 0 Å². The number of benzene rings is 3. The molecule has 0 N–H and O–H groups in total. The zero-order valence-electron chi connectivity index (χ0n) is 24.6. The molecule has 7 rings (SSSR count). The lowest BCUT2D eigenvalue weighted by molar-refractivity contribution is 0.305. The molecule has 10 heteroatoms. The number of nitrogens with zero attached hydrogens (tertiary/aromatic N) is 4. The minimum Gasteiger partial charge on any atom is -0.494 e. The zero-order chi connectivity index (χ0) is 30.9. The van der Waals surface area contributed by atoms with Crippen LogP contribution in [0.2, 0.25) is 0 Å². The van der Waals surface area contributed by atoms with E-state index < -0.39 is 0 Å². The Morgan fingerprint density at radius 1 is 0.622 bits per heavy atom. The number of ether oxygens (including phenoxy) is 1. The molecule has 0 saturated carbocycles. The lowest BCUT2D eigenvalue weighted by Crippen LogP contribution is -2.00. The monoisotopic (exact) mass is 774 g/mol. The SMILES string of the molecule is CCCCCCOc1ccc(-c2nc3c(-c4ccc(Br)s4)c4nsnc4c(-c4ccc(Br)s4)c3nc2-c2ccc(C)cc2)cc1. The Kier molecular flexibility index (Phi) is 9.10. The largest absolute Gasteiger partial charge is 0.494 e. The quantitative estimate of drug-likeness (QED) is 0.129. The first-order valence-corrected chi connectivity index (χ1v) is 18.8. The van der Waals surface area contributed by atoms with Crippen LogP contribution in [0.25, 0.3) is 65.5 Å². The third-order valence-electron chi connectivity index (χ3n) is 7.69. The van der Waals surface area contributed by atoms with Gasteiger partial charge in [-0.25, -0.2) is 9.97 Å². The van der Waals surface area contributed by atoms with Crippen LogP contribution < -0.4 is 4.74 Å². The standard InChI is InChI=1S/C35H28Br2N4OS3/c1-3-4-5-6-19-42-23-13-11-22(12-14-23)31-30(21-9-7-20(2)8-10-21)38-32-28(24-15-17-26(36)43-24)34-35(41-45-40-34)29(33(32)39-31)25-16-18-27(37)44-25/h7-18H,3-6,19H2,1-2H3. The molecule has 0 atom stereocenters. The maximum Gasteiger partial charge on any atom is 0.119 e. The van der Waals surface area contributed by atoms with Crippen molar-refractivity contribution in [3.05, 3.63) is 85.9 Å². The second-order valence-corrected chi connectivity index (χ2v) is 16.3. The van der Waals surface area contributed by atoms with Gasteiger partial charge in [-0.1, -0.05) is 56.0 Å². The van der Waals surface area contributed by atoms with Crippen LogP contribution in [-0.2, 0) is 0 Å². The summed E-state index contributed by atoms with van der Waals surface area (Å²) < 4.78 is 17.8. The maximum atomic E-state index is 6.07. The summed E-state index contributed by atoms with van der Waals surface area (Å²) >= 11 is 11.9. The fraction of sp³-hybridized carbons (Fsp3) is 0.200.